The maximum atomic E-state index is 11.1. The molecule has 0 spiro atoms. The molecule has 6 heteroatoms. The first-order valence-electron chi connectivity index (χ1n) is 6.11. The van der Waals surface area contributed by atoms with Gasteiger partial charge in [-0.05, 0) is 18.8 Å². The molecule has 0 bridgehead atoms. The van der Waals surface area contributed by atoms with E-state index in [0.29, 0.717) is 21.7 Å². The number of hydrogen-bond donors (Lipinski definition) is 1. The second-order valence-electron chi connectivity index (χ2n) is 5.13. The minimum Gasteiger partial charge on any atom is -0.388 e. The molecule has 0 saturated carbocycles. The van der Waals surface area contributed by atoms with Crippen molar-refractivity contribution in [3.63, 3.8) is 0 Å². The first-order chi connectivity index (χ1) is 8.40. The summed E-state index contributed by atoms with van der Waals surface area (Å²) in [6.07, 6.45) is -0.653. The Bertz CT molecular complexity index is 448. The van der Waals surface area contributed by atoms with Gasteiger partial charge >= 0.3 is 5.69 Å². The number of rotatable bonds is 3. The lowest BCUT2D eigenvalue weighted by atomic mass is 10.0. The molecule has 3 atom stereocenters. The van der Waals surface area contributed by atoms with Crippen LogP contribution < -0.4 is 4.90 Å². The summed E-state index contributed by atoms with van der Waals surface area (Å²) in [6.45, 7) is 7.66. The largest absolute Gasteiger partial charge is 0.388 e. The van der Waals surface area contributed by atoms with E-state index in [4.69, 9.17) is 0 Å². The van der Waals surface area contributed by atoms with E-state index in [0.717, 1.165) is 13.1 Å². The molecule has 1 aliphatic rings. The molecule has 0 radical (unpaired) electrons. The third-order valence-corrected chi connectivity index (χ3v) is 4.95. The van der Waals surface area contributed by atoms with E-state index >= 15 is 0 Å². The van der Waals surface area contributed by atoms with Crippen molar-refractivity contribution in [1.82, 2.24) is 0 Å². The van der Waals surface area contributed by atoms with Crippen LogP contribution in [-0.2, 0) is 0 Å². The Kier molecular flexibility index (Phi) is 3.59. The number of hydrogen-bond acceptors (Lipinski definition) is 5. The third kappa shape index (κ3) is 2.35. The molecule has 1 N–H and O–H groups in total. The average molecular weight is 270 g/mol. The van der Waals surface area contributed by atoms with Crippen LogP contribution in [0.5, 0.6) is 0 Å². The predicted octanol–water partition coefficient (Wildman–Crippen LogP) is 2.80. The van der Waals surface area contributed by atoms with Gasteiger partial charge in [0.25, 0.3) is 0 Å². The molecule has 1 aromatic rings. The van der Waals surface area contributed by atoms with Crippen LogP contribution in [0, 0.1) is 22.0 Å². The van der Waals surface area contributed by atoms with Crippen LogP contribution in [0.15, 0.2) is 6.07 Å². The highest BCUT2D eigenvalue weighted by atomic mass is 32.1. The van der Waals surface area contributed by atoms with Crippen LogP contribution in [0.1, 0.15) is 31.8 Å². The summed E-state index contributed by atoms with van der Waals surface area (Å²) in [5, 5.41) is 21.3. The fourth-order valence-corrected chi connectivity index (χ4v) is 3.33. The van der Waals surface area contributed by atoms with Gasteiger partial charge in [0.05, 0.1) is 11.0 Å². The van der Waals surface area contributed by atoms with E-state index in [2.05, 4.69) is 18.7 Å². The number of aliphatic hydroxyl groups is 1. The van der Waals surface area contributed by atoms with Crippen LogP contribution in [0.4, 0.5) is 10.7 Å². The summed E-state index contributed by atoms with van der Waals surface area (Å²) < 4.78 is 0. The van der Waals surface area contributed by atoms with Gasteiger partial charge in [0.15, 0.2) is 5.00 Å². The molecule has 3 unspecified atom stereocenters. The minimum atomic E-state index is -0.653. The Balaban J connectivity index is 2.34. The number of nitro groups is 1. The Morgan fingerprint density at radius 2 is 2.06 bits per heavy atom. The normalized spacial score (nSPS) is 25.4. The molecular formula is C12H18N2O3S. The SMILES string of the molecule is CC(O)c1cc([N+](=O)[O-])c(N2CC(C)C(C)C2)s1. The Morgan fingerprint density at radius 1 is 1.50 bits per heavy atom. The summed E-state index contributed by atoms with van der Waals surface area (Å²) in [5.74, 6) is 1.09. The van der Waals surface area contributed by atoms with Crippen molar-refractivity contribution >= 4 is 22.0 Å². The average Bonchev–Trinajstić information content (AvgIpc) is 2.83. The van der Waals surface area contributed by atoms with Crippen molar-refractivity contribution in [1.29, 1.82) is 0 Å². The van der Waals surface area contributed by atoms with Crippen LogP contribution in [0.25, 0.3) is 0 Å². The molecule has 0 aromatic carbocycles. The molecule has 1 saturated heterocycles. The van der Waals surface area contributed by atoms with Crippen LogP contribution in [-0.4, -0.2) is 23.1 Å². The van der Waals surface area contributed by atoms with Crippen LogP contribution >= 0.6 is 11.3 Å². The Hall–Kier alpha value is -1.14. The second kappa shape index (κ2) is 4.85. The topological polar surface area (TPSA) is 66.6 Å². The molecule has 5 nitrogen and oxygen atoms in total. The minimum absolute atomic E-state index is 0.122. The van der Waals surface area contributed by atoms with Gasteiger partial charge in [-0.2, -0.15) is 0 Å². The molecule has 0 aliphatic carbocycles. The van der Waals surface area contributed by atoms with Gasteiger partial charge in [0, 0.05) is 24.0 Å². The molecule has 1 fully saturated rings. The highest BCUT2D eigenvalue weighted by Gasteiger charge is 2.32. The zero-order valence-electron chi connectivity index (χ0n) is 10.8. The molecule has 18 heavy (non-hydrogen) atoms. The lowest BCUT2D eigenvalue weighted by Crippen LogP contribution is -2.19. The zero-order chi connectivity index (χ0) is 13.4. The maximum Gasteiger partial charge on any atom is 0.304 e. The van der Waals surface area contributed by atoms with Gasteiger partial charge in [-0.3, -0.25) is 10.1 Å². The molecule has 1 aromatic heterocycles. The number of aliphatic hydroxyl groups excluding tert-OH is 1. The summed E-state index contributed by atoms with van der Waals surface area (Å²) >= 11 is 1.33. The van der Waals surface area contributed by atoms with Crippen molar-refractivity contribution in [3.8, 4) is 0 Å². The lowest BCUT2D eigenvalue weighted by Gasteiger charge is -2.15. The maximum absolute atomic E-state index is 11.1. The van der Waals surface area contributed by atoms with Crippen LogP contribution in [0.3, 0.4) is 0 Å². The first kappa shape index (κ1) is 13.3. The first-order valence-corrected chi connectivity index (χ1v) is 6.93. The lowest BCUT2D eigenvalue weighted by molar-refractivity contribution is -0.383. The smallest absolute Gasteiger partial charge is 0.304 e. The van der Waals surface area contributed by atoms with E-state index in [1.165, 1.54) is 17.4 Å². The van der Waals surface area contributed by atoms with Crippen molar-refractivity contribution in [2.24, 2.45) is 11.8 Å². The third-order valence-electron chi connectivity index (χ3n) is 3.60. The van der Waals surface area contributed by atoms with Gasteiger partial charge in [0.2, 0.25) is 0 Å². The van der Waals surface area contributed by atoms with Gasteiger partial charge in [-0.15, -0.1) is 11.3 Å². The highest BCUT2D eigenvalue weighted by Crippen LogP contribution is 2.42. The van der Waals surface area contributed by atoms with Gasteiger partial charge in [-0.1, -0.05) is 13.8 Å². The number of thiophene rings is 1. The standard InChI is InChI=1S/C12H18N2O3S/c1-7-5-13(6-8(7)2)12-10(14(16)17)4-11(18-12)9(3)15/h4,7-9,15H,5-6H2,1-3H3. The summed E-state index contributed by atoms with van der Waals surface area (Å²) in [5.41, 5.74) is 0.122. The van der Waals surface area contributed by atoms with Crippen LogP contribution in [0.2, 0.25) is 0 Å². The van der Waals surface area contributed by atoms with E-state index in [1.54, 1.807) is 6.92 Å². The quantitative estimate of drug-likeness (QED) is 0.677. The molecule has 2 rings (SSSR count). The Labute approximate surface area is 110 Å². The number of nitrogens with zero attached hydrogens (tertiary/aromatic N) is 2. The predicted molar refractivity (Wildman–Crippen MR) is 72.1 cm³/mol. The molecule has 1 aliphatic heterocycles. The van der Waals surface area contributed by atoms with E-state index in [-0.39, 0.29) is 10.6 Å². The highest BCUT2D eigenvalue weighted by molar-refractivity contribution is 7.16. The van der Waals surface area contributed by atoms with E-state index in [9.17, 15) is 15.2 Å². The summed E-state index contributed by atoms with van der Waals surface area (Å²) in [7, 11) is 0. The monoisotopic (exact) mass is 270 g/mol. The fraction of sp³-hybridized carbons (Fsp3) is 0.667. The van der Waals surface area contributed by atoms with Crippen molar-refractivity contribution in [2.45, 2.75) is 26.9 Å². The van der Waals surface area contributed by atoms with Crippen molar-refractivity contribution in [3.05, 3.63) is 21.1 Å². The molecular weight excluding hydrogens is 252 g/mol. The molecule has 0 amide bonds. The van der Waals surface area contributed by atoms with Crippen molar-refractivity contribution in [2.75, 3.05) is 18.0 Å². The van der Waals surface area contributed by atoms with Gasteiger partial charge in [0.1, 0.15) is 0 Å². The second-order valence-corrected chi connectivity index (χ2v) is 6.19. The molecule has 2 heterocycles. The molecule has 100 valence electrons. The summed E-state index contributed by atoms with van der Waals surface area (Å²) in [6, 6.07) is 1.50. The number of anilines is 1. The van der Waals surface area contributed by atoms with E-state index in [1.807, 2.05) is 0 Å². The Morgan fingerprint density at radius 3 is 2.50 bits per heavy atom. The van der Waals surface area contributed by atoms with Gasteiger partial charge in [-0.25, -0.2) is 0 Å². The summed E-state index contributed by atoms with van der Waals surface area (Å²) in [4.78, 5) is 13.5. The van der Waals surface area contributed by atoms with Crippen molar-refractivity contribution < 1.29 is 10.0 Å². The van der Waals surface area contributed by atoms with E-state index < -0.39 is 6.10 Å². The van der Waals surface area contributed by atoms with Gasteiger partial charge < -0.3 is 10.0 Å². The zero-order valence-corrected chi connectivity index (χ0v) is 11.6. The fourth-order valence-electron chi connectivity index (χ4n) is 2.25.